The van der Waals surface area contributed by atoms with Gasteiger partial charge in [0.2, 0.25) is 0 Å². The number of alkyl halides is 2. The van der Waals surface area contributed by atoms with Crippen molar-refractivity contribution in [3.63, 3.8) is 0 Å². The molecule has 0 spiro atoms. The fourth-order valence-corrected chi connectivity index (χ4v) is 2.96. The average Bonchev–Trinajstić information content (AvgIpc) is 2.43. The number of ether oxygens (including phenoxy) is 1. The van der Waals surface area contributed by atoms with E-state index in [1.54, 1.807) is 6.08 Å². The number of rotatable bonds is 3. The maximum absolute atomic E-state index is 6.40. The highest BCUT2D eigenvalue weighted by Crippen LogP contribution is 2.26. The van der Waals surface area contributed by atoms with Gasteiger partial charge in [0, 0.05) is 4.83 Å². The zero-order valence-electron chi connectivity index (χ0n) is 10.7. The molecule has 0 N–H and O–H groups in total. The van der Waals surface area contributed by atoms with E-state index < -0.39 is 0 Å². The molecule has 18 heavy (non-hydrogen) atoms. The fourth-order valence-electron chi connectivity index (χ4n) is 1.98. The molecule has 1 aliphatic heterocycles. The van der Waals surface area contributed by atoms with E-state index in [0.717, 1.165) is 25.7 Å². The van der Waals surface area contributed by atoms with Gasteiger partial charge in [-0.1, -0.05) is 47.0 Å². The van der Waals surface area contributed by atoms with Crippen LogP contribution in [-0.4, -0.2) is 22.4 Å². The summed E-state index contributed by atoms with van der Waals surface area (Å²) in [5.74, 6) is 2.49. The van der Waals surface area contributed by atoms with Gasteiger partial charge in [0.15, 0.2) is 0 Å². The van der Waals surface area contributed by atoms with Crippen molar-refractivity contribution in [2.24, 2.45) is 0 Å². The maximum atomic E-state index is 6.40. The highest BCUT2D eigenvalue weighted by Gasteiger charge is 2.26. The molecule has 0 unspecified atom stereocenters. The standard InChI is InChI=1S/C15H20BrClO/c1-3-5-6-11-15-13(17)10-8-7-9-12(16)14(4-2)18-15/h1,5-8,12-15H,4,9-11H2,2H3/b6-5+,8-7-/t12-,13-,14+,15-/m0/s1. The van der Waals surface area contributed by atoms with Gasteiger partial charge in [0.05, 0.1) is 17.6 Å². The lowest BCUT2D eigenvalue weighted by molar-refractivity contribution is -0.0123. The van der Waals surface area contributed by atoms with Crippen molar-refractivity contribution in [1.29, 1.82) is 0 Å². The maximum Gasteiger partial charge on any atom is 0.0780 e. The molecule has 1 nitrogen and oxygen atoms in total. The molecule has 100 valence electrons. The van der Waals surface area contributed by atoms with E-state index in [-0.39, 0.29) is 17.6 Å². The van der Waals surface area contributed by atoms with Crippen molar-refractivity contribution in [3.8, 4) is 12.3 Å². The van der Waals surface area contributed by atoms with Crippen molar-refractivity contribution in [2.45, 2.75) is 55.0 Å². The van der Waals surface area contributed by atoms with Gasteiger partial charge in [0.1, 0.15) is 0 Å². The Morgan fingerprint density at radius 2 is 2.17 bits per heavy atom. The van der Waals surface area contributed by atoms with Crippen LogP contribution in [0.5, 0.6) is 0 Å². The molecule has 0 aromatic heterocycles. The van der Waals surface area contributed by atoms with Crippen LogP contribution in [0.3, 0.4) is 0 Å². The number of allylic oxidation sites excluding steroid dienone is 3. The van der Waals surface area contributed by atoms with Crippen molar-refractivity contribution in [1.82, 2.24) is 0 Å². The van der Waals surface area contributed by atoms with Crippen LogP contribution in [0.2, 0.25) is 0 Å². The van der Waals surface area contributed by atoms with Gasteiger partial charge in [-0.2, -0.15) is 0 Å². The van der Waals surface area contributed by atoms with E-state index in [1.165, 1.54) is 0 Å². The number of halogens is 2. The fraction of sp³-hybridized carbons (Fsp3) is 0.600. The molecule has 1 aliphatic rings. The molecule has 4 atom stereocenters. The third-order valence-electron chi connectivity index (χ3n) is 3.03. The predicted octanol–water partition coefficient (Wildman–Crippen LogP) is 4.45. The van der Waals surface area contributed by atoms with Gasteiger partial charge in [0.25, 0.3) is 0 Å². The molecule has 1 heterocycles. The lowest BCUT2D eigenvalue weighted by atomic mass is 10.1. The Morgan fingerprint density at radius 1 is 1.44 bits per heavy atom. The Bertz CT molecular complexity index is 332. The summed E-state index contributed by atoms with van der Waals surface area (Å²) < 4.78 is 6.15. The molecule has 0 saturated heterocycles. The van der Waals surface area contributed by atoms with E-state index >= 15 is 0 Å². The Labute approximate surface area is 124 Å². The predicted molar refractivity (Wildman–Crippen MR) is 82.3 cm³/mol. The van der Waals surface area contributed by atoms with Gasteiger partial charge < -0.3 is 4.74 Å². The summed E-state index contributed by atoms with van der Waals surface area (Å²) in [6, 6.07) is 0. The smallest absolute Gasteiger partial charge is 0.0780 e. The van der Waals surface area contributed by atoms with Crippen LogP contribution >= 0.6 is 27.5 Å². The number of hydrogen-bond donors (Lipinski definition) is 0. The van der Waals surface area contributed by atoms with Crippen LogP contribution in [0.4, 0.5) is 0 Å². The molecular weight excluding hydrogens is 312 g/mol. The molecule has 0 bridgehead atoms. The normalized spacial score (nSPS) is 35.4. The van der Waals surface area contributed by atoms with E-state index in [4.69, 9.17) is 22.8 Å². The first kappa shape index (κ1) is 15.8. The molecule has 0 amide bonds. The summed E-state index contributed by atoms with van der Waals surface area (Å²) in [7, 11) is 0. The minimum atomic E-state index is -0.00414. The molecule has 0 aromatic rings. The van der Waals surface area contributed by atoms with Gasteiger partial charge in [-0.25, -0.2) is 0 Å². The molecule has 3 heteroatoms. The minimum absolute atomic E-state index is 0.00414. The first-order chi connectivity index (χ1) is 8.69. The van der Waals surface area contributed by atoms with E-state index in [9.17, 15) is 0 Å². The second-order valence-corrected chi connectivity index (χ2v) is 6.14. The molecule has 0 aliphatic carbocycles. The largest absolute Gasteiger partial charge is 0.372 e. The van der Waals surface area contributed by atoms with Crippen LogP contribution in [0.15, 0.2) is 24.3 Å². The lowest BCUT2D eigenvalue weighted by Gasteiger charge is -2.28. The third-order valence-corrected chi connectivity index (χ3v) is 4.45. The Hall–Kier alpha value is -0.230. The molecule has 0 fully saturated rings. The van der Waals surface area contributed by atoms with Crippen LogP contribution in [0, 0.1) is 12.3 Å². The second kappa shape index (κ2) is 8.80. The zero-order valence-corrected chi connectivity index (χ0v) is 13.0. The SMILES string of the molecule is C#C/C=C/C[C@@H]1O[C@H](CC)[C@@H](Br)C/C=C\C[C@@H]1Cl. The highest BCUT2D eigenvalue weighted by molar-refractivity contribution is 9.09. The Kier molecular flexibility index (Phi) is 7.74. The highest BCUT2D eigenvalue weighted by atomic mass is 79.9. The van der Waals surface area contributed by atoms with Crippen molar-refractivity contribution >= 4 is 27.5 Å². The Morgan fingerprint density at radius 3 is 2.83 bits per heavy atom. The summed E-state index contributed by atoms with van der Waals surface area (Å²) >= 11 is 10.1. The van der Waals surface area contributed by atoms with Crippen LogP contribution in [-0.2, 0) is 4.74 Å². The first-order valence-electron chi connectivity index (χ1n) is 6.38. The average molecular weight is 332 g/mol. The summed E-state index contributed by atoms with van der Waals surface area (Å²) in [5, 5.41) is -0.00414. The topological polar surface area (TPSA) is 9.23 Å². The van der Waals surface area contributed by atoms with Crippen LogP contribution in [0.25, 0.3) is 0 Å². The molecule has 0 saturated carbocycles. The molecular formula is C15H20BrClO. The lowest BCUT2D eigenvalue weighted by Crippen LogP contribution is -2.33. The molecule has 0 radical (unpaired) electrons. The quantitative estimate of drug-likeness (QED) is 0.422. The summed E-state index contributed by atoms with van der Waals surface area (Å²) in [4.78, 5) is 0.347. The first-order valence-corrected chi connectivity index (χ1v) is 7.74. The summed E-state index contributed by atoms with van der Waals surface area (Å²) in [5.41, 5.74) is 0. The van der Waals surface area contributed by atoms with E-state index in [0.29, 0.717) is 4.83 Å². The van der Waals surface area contributed by atoms with Gasteiger partial charge in [-0.05, 0) is 31.8 Å². The van der Waals surface area contributed by atoms with E-state index in [1.807, 2.05) is 6.08 Å². The van der Waals surface area contributed by atoms with Crippen molar-refractivity contribution < 1.29 is 4.74 Å². The number of terminal acetylenes is 1. The van der Waals surface area contributed by atoms with Gasteiger partial charge >= 0.3 is 0 Å². The third kappa shape index (κ3) is 5.18. The molecule has 1 rings (SSSR count). The van der Waals surface area contributed by atoms with Gasteiger partial charge in [-0.15, -0.1) is 18.0 Å². The van der Waals surface area contributed by atoms with E-state index in [2.05, 4.69) is 40.9 Å². The summed E-state index contributed by atoms with van der Waals surface area (Å²) in [6.45, 7) is 2.14. The van der Waals surface area contributed by atoms with Crippen molar-refractivity contribution in [3.05, 3.63) is 24.3 Å². The number of hydrogen-bond acceptors (Lipinski definition) is 1. The van der Waals surface area contributed by atoms with Crippen LogP contribution < -0.4 is 0 Å². The molecule has 0 aromatic carbocycles. The summed E-state index contributed by atoms with van der Waals surface area (Å²) in [6.07, 6.45) is 17.0. The van der Waals surface area contributed by atoms with Crippen LogP contribution in [0.1, 0.15) is 32.6 Å². The minimum Gasteiger partial charge on any atom is -0.372 e. The van der Waals surface area contributed by atoms with Crippen molar-refractivity contribution in [2.75, 3.05) is 0 Å². The monoisotopic (exact) mass is 330 g/mol. The van der Waals surface area contributed by atoms with Gasteiger partial charge in [-0.3, -0.25) is 0 Å². The zero-order chi connectivity index (χ0) is 13.4. The Balaban J connectivity index is 2.73. The second-order valence-electron chi connectivity index (χ2n) is 4.40.